The summed E-state index contributed by atoms with van der Waals surface area (Å²) in [6, 6.07) is 6.76. The lowest BCUT2D eigenvalue weighted by Crippen LogP contribution is -2.62. The van der Waals surface area contributed by atoms with E-state index in [4.69, 9.17) is 33.8 Å². The number of aliphatic hydroxyl groups excluding tert-OH is 2. The summed E-state index contributed by atoms with van der Waals surface area (Å²) in [5, 5.41) is 66.4. The minimum atomic E-state index is -1.81. The second-order valence-electron chi connectivity index (χ2n) is 18.6. The van der Waals surface area contributed by atoms with Crippen molar-refractivity contribution in [3.63, 3.8) is 0 Å². The Morgan fingerprint density at radius 3 is 2.08 bits per heavy atom. The van der Waals surface area contributed by atoms with E-state index in [0.29, 0.717) is 17.5 Å². The monoisotopic (exact) mass is 1060 g/mol. The van der Waals surface area contributed by atoms with Crippen LogP contribution in [0.15, 0.2) is 60.8 Å². The second kappa shape index (κ2) is 31.1. The van der Waals surface area contributed by atoms with Crippen LogP contribution in [0.3, 0.4) is 0 Å². The summed E-state index contributed by atoms with van der Waals surface area (Å²) in [5.74, 6) is -6.67. The highest BCUT2D eigenvalue weighted by molar-refractivity contribution is 5.95. The predicted octanol–water partition coefficient (Wildman–Crippen LogP) is -4.08. The molecule has 1 fully saturated rings. The van der Waals surface area contributed by atoms with Gasteiger partial charge in [-0.05, 0) is 75.0 Å². The molecule has 76 heavy (non-hydrogen) atoms. The van der Waals surface area contributed by atoms with Crippen molar-refractivity contribution in [3.05, 3.63) is 71.9 Å². The van der Waals surface area contributed by atoms with Gasteiger partial charge in [0.05, 0.1) is 24.2 Å². The van der Waals surface area contributed by atoms with E-state index in [1.54, 1.807) is 42.6 Å². The molecule has 1 aromatic heterocycles. The Morgan fingerprint density at radius 1 is 0.763 bits per heavy atom. The summed E-state index contributed by atoms with van der Waals surface area (Å²) in [6.45, 7) is 1.53. The molecule has 9 atom stereocenters. The molecule has 2 heterocycles. The van der Waals surface area contributed by atoms with Gasteiger partial charge in [0, 0.05) is 62.9 Å². The molecule has 27 heteroatoms. The molecule has 0 bridgehead atoms. The largest absolute Gasteiger partial charge is 0.376 e. The Hall–Kier alpha value is -7.88. The molecule has 1 saturated heterocycles. The minimum Gasteiger partial charge on any atom is -0.376 e. The maximum atomic E-state index is 14.7. The first-order chi connectivity index (χ1) is 36.2. The lowest BCUT2D eigenvalue weighted by molar-refractivity contribution is -0.134. The van der Waals surface area contributed by atoms with Gasteiger partial charge in [0.15, 0.2) is 11.9 Å². The maximum Gasteiger partial charge on any atom is 0.243 e. The predicted molar refractivity (Wildman–Crippen MR) is 281 cm³/mol. The van der Waals surface area contributed by atoms with E-state index in [-0.39, 0.29) is 102 Å². The van der Waals surface area contributed by atoms with Gasteiger partial charge in [-0.3, -0.25) is 59.8 Å². The molecule has 27 nitrogen and oxygen atoms in total. The van der Waals surface area contributed by atoms with Crippen molar-refractivity contribution < 1.29 is 48.6 Å². The molecule has 1 aliphatic heterocycles. The van der Waals surface area contributed by atoms with Crippen LogP contribution in [0, 0.1) is 10.8 Å². The molecule has 4 rings (SSSR count). The fraction of sp³-hybridized carbons (Fsp3) is 0.510. The van der Waals surface area contributed by atoms with Crippen molar-refractivity contribution >= 4 is 70.1 Å². The zero-order valence-electron chi connectivity index (χ0n) is 42.5. The quantitative estimate of drug-likeness (QED) is 0.0221. The van der Waals surface area contributed by atoms with Crippen molar-refractivity contribution in [2.75, 3.05) is 19.6 Å². The molecular formula is C49H75N17O10. The van der Waals surface area contributed by atoms with Crippen molar-refractivity contribution in [1.29, 1.82) is 10.8 Å². The first-order valence-electron chi connectivity index (χ1n) is 25.2. The number of nitrogens with two attached hydrogens (primary N) is 4. The number of para-hydroxylation sites is 1. The Kier molecular flexibility index (Phi) is 24.8. The van der Waals surface area contributed by atoms with Gasteiger partial charge in [-0.15, -0.1) is 0 Å². The van der Waals surface area contributed by atoms with Crippen LogP contribution in [0.2, 0.25) is 0 Å². The van der Waals surface area contributed by atoms with Crippen LogP contribution in [0.4, 0.5) is 0 Å². The van der Waals surface area contributed by atoms with Crippen LogP contribution in [0.1, 0.15) is 82.3 Å². The SMILES string of the molecule is CC(=O)N[C@@H](CCCNC(=N)N)C(O)N[C@H]1CCC(=O)NCCC[C@@H](C(N)=O)NC(=O)[C@H](Cc2c[nH]c3ccccc23)NC(=O)[C@H](CCCNC(=N)N)NC(=O)[C@@H](Cc2ccccc2)NC(O)[C@H](CCC(N)=O)NC1=O. The van der Waals surface area contributed by atoms with Crippen molar-refractivity contribution in [2.24, 2.45) is 22.9 Å². The fourth-order valence-electron chi connectivity index (χ4n) is 8.54. The van der Waals surface area contributed by atoms with Crippen LogP contribution >= 0.6 is 0 Å². The standard InChI is InChI=1S/C49H75N17O10/c1-27(67)60-33(15-8-22-57-48(52)53)42(71)64-36-18-20-40(69)56-21-7-14-32(41(51)70)61-47(76)38(25-29-26-59-31-13-6-5-12-30(29)31)66-43(72)34(16-9-23-58-49(54)55)62-46(75)37(24-28-10-3-2-4-11-28)65-45(74)35(63-44(36)73)17-19-39(50)68/h2-6,10-13,26,32-38,42,45,59,64-65,71,74H,7-9,14-25H2,1H3,(H2,50,68)(H2,51,70)(H,56,69)(H,60,67)(H,61,76)(H,62,75)(H,63,73)(H,66,72)(H4,52,53,57)(H4,54,55,58)/t32-,33-,34-,35-,36-,37+,38-,42?,45?/m0/s1. The summed E-state index contributed by atoms with van der Waals surface area (Å²) in [4.78, 5) is 112. The number of guanidine groups is 2. The number of carbonyl (C=O) groups excluding carboxylic acids is 8. The van der Waals surface area contributed by atoms with E-state index in [1.807, 2.05) is 18.2 Å². The second-order valence-corrected chi connectivity index (χ2v) is 18.6. The molecule has 23 N–H and O–H groups in total. The number of benzene rings is 2. The van der Waals surface area contributed by atoms with Gasteiger partial charge < -0.3 is 80.7 Å². The molecule has 3 aromatic rings. The normalized spacial score (nSPS) is 22.5. The van der Waals surface area contributed by atoms with Gasteiger partial charge in [-0.1, -0.05) is 48.5 Å². The third-order valence-corrected chi connectivity index (χ3v) is 12.5. The van der Waals surface area contributed by atoms with E-state index in [1.165, 1.54) is 6.92 Å². The highest BCUT2D eigenvalue weighted by Crippen LogP contribution is 2.20. The van der Waals surface area contributed by atoms with Gasteiger partial charge >= 0.3 is 0 Å². The number of rotatable bonds is 20. The Morgan fingerprint density at radius 2 is 1.41 bits per heavy atom. The van der Waals surface area contributed by atoms with Gasteiger partial charge in [-0.2, -0.15) is 0 Å². The summed E-state index contributed by atoms with van der Waals surface area (Å²) >= 11 is 0. The average molecular weight is 1060 g/mol. The number of fused-ring (bicyclic) bond motifs is 1. The maximum absolute atomic E-state index is 14.7. The molecule has 2 aromatic carbocycles. The Labute approximate surface area is 439 Å². The number of aromatic nitrogens is 1. The number of amides is 8. The number of hydrogen-bond acceptors (Lipinski definition) is 14. The zero-order valence-corrected chi connectivity index (χ0v) is 42.5. The highest BCUT2D eigenvalue weighted by Gasteiger charge is 2.35. The van der Waals surface area contributed by atoms with Gasteiger partial charge in [0.2, 0.25) is 47.3 Å². The van der Waals surface area contributed by atoms with Gasteiger partial charge in [0.25, 0.3) is 0 Å². The molecular weight excluding hydrogens is 987 g/mol. The van der Waals surface area contributed by atoms with Crippen molar-refractivity contribution in [2.45, 2.75) is 139 Å². The third kappa shape index (κ3) is 21.2. The number of hydrogen-bond donors (Lipinski definition) is 19. The van der Waals surface area contributed by atoms with Gasteiger partial charge in [-0.25, -0.2) is 0 Å². The molecule has 2 unspecified atom stereocenters. The van der Waals surface area contributed by atoms with E-state index in [9.17, 15) is 48.6 Å². The summed E-state index contributed by atoms with van der Waals surface area (Å²) < 4.78 is 0. The van der Waals surface area contributed by atoms with E-state index in [2.05, 4.69) is 58.2 Å². The number of primary amides is 2. The first-order valence-corrected chi connectivity index (χ1v) is 25.2. The molecule has 0 spiro atoms. The number of aromatic amines is 1. The Balaban J connectivity index is 1.77. The zero-order chi connectivity index (χ0) is 55.7. The van der Waals surface area contributed by atoms with Crippen LogP contribution in [-0.4, -0.2) is 149 Å². The smallest absolute Gasteiger partial charge is 0.243 e. The van der Waals surface area contributed by atoms with Gasteiger partial charge in [0.1, 0.15) is 30.6 Å². The number of nitrogens with one attached hydrogen (secondary N) is 13. The van der Waals surface area contributed by atoms with E-state index < -0.39 is 102 Å². The van der Waals surface area contributed by atoms with Crippen LogP contribution < -0.4 is 76.1 Å². The van der Waals surface area contributed by atoms with Crippen LogP contribution in [-0.2, 0) is 51.2 Å². The molecule has 0 aliphatic carbocycles. The van der Waals surface area contributed by atoms with Crippen molar-refractivity contribution in [1.82, 2.24) is 58.2 Å². The van der Waals surface area contributed by atoms with Crippen LogP contribution in [0.5, 0.6) is 0 Å². The summed E-state index contributed by atoms with van der Waals surface area (Å²) in [6.07, 6.45) is -2.54. The van der Waals surface area contributed by atoms with Crippen LogP contribution in [0.25, 0.3) is 10.9 Å². The molecule has 8 amide bonds. The first kappa shape index (κ1) is 60.7. The topological polar surface area (TPSA) is 465 Å². The summed E-state index contributed by atoms with van der Waals surface area (Å²) in [7, 11) is 0. The summed E-state index contributed by atoms with van der Waals surface area (Å²) in [5.41, 5.74) is 24.2. The molecule has 0 radical (unpaired) electrons. The molecule has 1 aliphatic rings. The fourth-order valence-corrected chi connectivity index (χ4v) is 8.54. The van der Waals surface area contributed by atoms with E-state index in [0.717, 1.165) is 10.9 Å². The minimum absolute atomic E-state index is 0.0170. The van der Waals surface area contributed by atoms with Crippen molar-refractivity contribution in [3.8, 4) is 0 Å². The number of aliphatic hydroxyl groups is 2. The highest BCUT2D eigenvalue weighted by atomic mass is 16.3. The Bertz CT molecular complexity index is 2460. The number of carbonyl (C=O) groups is 8. The molecule has 0 saturated carbocycles. The average Bonchev–Trinajstić information content (AvgIpc) is 3.78. The number of H-pyrrole nitrogens is 1. The third-order valence-electron chi connectivity index (χ3n) is 12.5. The lowest BCUT2D eigenvalue weighted by atomic mass is 10.0. The van der Waals surface area contributed by atoms with E-state index >= 15 is 0 Å². The molecule has 416 valence electrons. The lowest BCUT2D eigenvalue weighted by Gasteiger charge is -2.32.